The highest BCUT2D eigenvalue weighted by Gasteiger charge is 2.18. The van der Waals surface area contributed by atoms with Gasteiger partial charge in [0.05, 0.1) is 10.9 Å². The fraction of sp³-hybridized carbons (Fsp3) is 0.136. The minimum atomic E-state index is -3.63. The molecule has 0 aliphatic rings. The van der Waals surface area contributed by atoms with Gasteiger partial charge in [-0.1, -0.05) is 76.6 Å². The molecule has 1 amide bonds. The van der Waals surface area contributed by atoms with Crippen LogP contribution in [-0.2, 0) is 14.8 Å². The molecule has 0 fully saturated rings. The molecule has 0 radical (unpaired) electrons. The molecule has 3 rings (SSSR count). The van der Waals surface area contributed by atoms with Crippen LogP contribution < -0.4 is 10.0 Å². The summed E-state index contributed by atoms with van der Waals surface area (Å²) < 4.78 is 28.0. The van der Waals surface area contributed by atoms with Gasteiger partial charge in [0.1, 0.15) is 0 Å². The van der Waals surface area contributed by atoms with Crippen molar-refractivity contribution in [3.63, 3.8) is 0 Å². The molecule has 2 N–H and O–H groups in total. The lowest BCUT2D eigenvalue weighted by atomic mass is 9.98. The number of benzene rings is 3. The molecule has 0 bridgehead atoms. The van der Waals surface area contributed by atoms with Crippen LogP contribution in [0.2, 0.25) is 0 Å². The van der Waals surface area contributed by atoms with Crippen molar-refractivity contribution in [2.75, 3.05) is 6.54 Å². The molecule has 0 saturated carbocycles. The van der Waals surface area contributed by atoms with E-state index in [4.69, 9.17) is 0 Å². The van der Waals surface area contributed by atoms with E-state index in [1.54, 1.807) is 18.2 Å². The van der Waals surface area contributed by atoms with Crippen molar-refractivity contribution in [3.05, 3.63) is 101 Å². The van der Waals surface area contributed by atoms with Crippen molar-refractivity contribution in [2.24, 2.45) is 0 Å². The summed E-state index contributed by atoms with van der Waals surface area (Å²) in [4.78, 5) is 12.7. The SMILES string of the molecule is O=C(CCNS(=O)(=O)c1ccccc1)NC(c1ccccc1)c1ccc(Br)cc1. The van der Waals surface area contributed by atoms with Crippen LogP contribution in [0.5, 0.6) is 0 Å². The van der Waals surface area contributed by atoms with E-state index in [9.17, 15) is 13.2 Å². The second-order valence-electron chi connectivity index (χ2n) is 6.42. The number of hydrogen-bond acceptors (Lipinski definition) is 3. The molecule has 29 heavy (non-hydrogen) atoms. The second-order valence-corrected chi connectivity index (χ2v) is 9.11. The molecule has 7 heteroatoms. The van der Waals surface area contributed by atoms with Crippen LogP contribution in [0.1, 0.15) is 23.6 Å². The Balaban J connectivity index is 1.65. The predicted molar refractivity (Wildman–Crippen MR) is 117 cm³/mol. The molecule has 0 aromatic heterocycles. The van der Waals surface area contributed by atoms with Crippen molar-refractivity contribution >= 4 is 31.9 Å². The van der Waals surface area contributed by atoms with Crippen LogP contribution in [-0.4, -0.2) is 20.9 Å². The summed E-state index contributed by atoms with van der Waals surface area (Å²) >= 11 is 3.42. The van der Waals surface area contributed by atoms with Crippen molar-refractivity contribution in [1.29, 1.82) is 0 Å². The van der Waals surface area contributed by atoms with Crippen LogP contribution in [0.25, 0.3) is 0 Å². The number of carbonyl (C=O) groups excluding carboxylic acids is 1. The van der Waals surface area contributed by atoms with Crippen molar-refractivity contribution < 1.29 is 13.2 Å². The van der Waals surface area contributed by atoms with E-state index < -0.39 is 10.0 Å². The number of sulfonamides is 1. The quantitative estimate of drug-likeness (QED) is 0.519. The highest BCUT2D eigenvalue weighted by molar-refractivity contribution is 9.10. The topological polar surface area (TPSA) is 75.3 Å². The zero-order valence-corrected chi connectivity index (χ0v) is 18.0. The fourth-order valence-corrected chi connectivity index (χ4v) is 4.19. The third-order valence-corrected chi connectivity index (χ3v) is 6.34. The summed E-state index contributed by atoms with van der Waals surface area (Å²) in [5.74, 6) is -0.238. The fourth-order valence-electron chi connectivity index (χ4n) is 2.87. The number of amides is 1. The number of rotatable bonds is 8. The van der Waals surface area contributed by atoms with Crippen LogP contribution >= 0.6 is 15.9 Å². The van der Waals surface area contributed by atoms with Gasteiger partial charge in [0.25, 0.3) is 0 Å². The van der Waals surface area contributed by atoms with Crippen LogP contribution in [0.15, 0.2) is 94.3 Å². The van der Waals surface area contributed by atoms with Gasteiger partial charge in [-0.05, 0) is 35.4 Å². The molecule has 0 heterocycles. The summed E-state index contributed by atoms with van der Waals surface area (Å²) in [7, 11) is -3.63. The molecule has 5 nitrogen and oxygen atoms in total. The molecule has 1 unspecified atom stereocenters. The third-order valence-electron chi connectivity index (χ3n) is 4.34. The summed E-state index contributed by atoms with van der Waals surface area (Å²) in [5.41, 5.74) is 1.89. The number of halogens is 1. The first kappa shape index (κ1) is 21.2. The van der Waals surface area contributed by atoms with Gasteiger partial charge in [-0.3, -0.25) is 4.79 Å². The lowest BCUT2D eigenvalue weighted by Gasteiger charge is -2.20. The Morgan fingerprint density at radius 3 is 2.00 bits per heavy atom. The molecule has 0 saturated heterocycles. The average Bonchev–Trinajstić information content (AvgIpc) is 2.74. The smallest absolute Gasteiger partial charge is 0.240 e. The van der Waals surface area contributed by atoms with E-state index in [1.165, 1.54) is 12.1 Å². The second kappa shape index (κ2) is 9.82. The third kappa shape index (κ3) is 6.00. The first-order valence-electron chi connectivity index (χ1n) is 9.10. The van der Waals surface area contributed by atoms with E-state index in [2.05, 4.69) is 26.0 Å². The Morgan fingerprint density at radius 2 is 1.38 bits per heavy atom. The number of nitrogens with one attached hydrogen (secondary N) is 2. The van der Waals surface area contributed by atoms with Crippen molar-refractivity contribution in [1.82, 2.24) is 10.0 Å². The highest BCUT2D eigenvalue weighted by atomic mass is 79.9. The normalized spacial score (nSPS) is 12.3. The highest BCUT2D eigenvalue weighted by Crippen LogP contribution is 2.23. The van der Waals surface area contributed by atoms with E-state index in [0.29, 0.717) is 0 Å². The molecular weight excluding hydrogens is 452 g/mol. The summed E-state index contributed by atoms with van der Waals surface area (Å²) in [6.07, 6.45) is 0.0337. The van der Waals surface area contributed by atoms with Crippen molar-refractivity contribution in [2.45, 2.75) is 17.4 Å². The van der Waals surface area contributed by atoms with Crippen LogP contribution in [0.3, 0.4) is 0 Å². The Bertz CT molecular complexity index is 1040. The van der Waals surface area contributed by atoms with E-state index in [1.807, 2.05) is 54.6 Å². The van der Waals surface area contributed by atoms with Gasteiger partial charge in [0.2, 0.25) is 15.9 Å². The van der Waals surface area contributed by atoms with Crippen LogP contribution in [0, 0.1) is 0 Å². The minimum absolute atomic E-state index is 0.0188. The molecule has 3 aromatic rings. The van der Waals surface area contributed by atoms with Gasteiger partial charge in [-0.2, -0.15) is 0 Å². The van der Waals surface area contributed by atoms with E-state index in [-0.39, 0.29) is 29.8 Å². The summed E-state index contributed by atoms with van der Waals surface area (Å²) in [6, 6.07) is 25.2. The van der Waals surface area contributed by atoms with Gasteiger partial charge in [0.15, 0.2) is 0 Å². The molecule has 0 aliphatic heterocycles. The maximum Gasteiger partial charge on any atom is 0.240 e. The molecule has 150 valence electrons. The maximum absolute atomic E-state index is 12.5. The summed E-state index contributed by atoms with van der Waals surface area (Å²) in [5, 5.41) is 3.01. The molecule has 3 aromatic carbocycles. The van der Waals surface area contributed by atoms with Gasteiger partial charge in [-0.15, -0.1) is 0 Å². The standard InChI is InChI=1S/C22H21BrN2O3S/c23-19-13-11-18(12-14-19)22(17-7-3-1-4-8-17)25-21(26)15-16-24-29(27,28)20-9-5-2-6-10-20/h1-14,22,24H,15-16H2,(H,25,26). The van der Waals surface area contributed by atoms with E-state index in [0.717, 1.165) is 15.6 Å². The van der Waals surface area contributed by atoms with Gasteiger partial charge >= 0.3 is 0 Å². The minimum Gasteiger partial charge on any atom is -0.345 e. The maximum atomic E-state index is 12.5. The van der Waals surface area contributed by atoms with E-state index >= 15 is 0 Å². The largest absolute Gasteiger partial charge is 0.345 e. The Morgan fingerprint density at radius 1 is 0.828 bits per heavy atom. The van der Waals surface area contributed by atoms with Gasteiger partial charge in [-0.25, -0.2) is 13.1 Å². The van der Waals surface area contributed by atoms with Crippen molar-refractivity contribution in [3.8, 4) is 0 Å². The zero-order chi connectivity index (χ0) is 20.7. The Kier molecular flexibility index (Phi) is 7.19. The molecule has 0 aliphatic carbocycles. The Hall–Kier alpha value is -2.48. The Labute approximate surface area is 179 Å². The van der Waals surface area contributed by atoms with Gasteiger partial charge < -0.3 is 5.32 Å². The first-order valence-corrected chi connectivity index (χ1v) is 11.4. The summed E-state index contributed by atoms with van der Waals surface area (Å²) in [6.45, 7) is 0.0188. The zero-order valence-electron chi connectivity index (χ0n) is 15.6. The molecule has 1 atom stereocenters. The van der Waals surface area contributed by atoms with Gasteiger partial charge in [0, 0.05) is 17.4 Å². The molecule has 0 spiro atoms. The predicted octanol–water partition coefficient (Wildman–Crippen LogP) is 4.02. The lowest BCUT2D eigenvalue weighted by Crippen LogP contribution is -2.33. The lowest BCUT2D eigenvalue weighted by molar-refractivity contribution is -0.121. The average molecular weight is 473 g/mol. The monoisotopic (exact) mass is 472 g/mol. The number of carbonyl (C=O) groups is 1. The first-order chi connectivity index (χ1) is 14.0. The molecular formula is C22H21BrN2O3S. The van der Waals surface area contributed by atoms with Crippen LogP contribution in [0.4, 0.5) is 0 Å². The number of hydrogen-bond donors (Lipinski definition) is 2.